The number of rotatable bonds is 3. The number of hydrogen-bond acceptors (Lipinski definition) is 4. The minimum absolute atomic E-state index is 0.0897. The first-order chi connectivity index (χ1) is 11.3. The Balaban J connectivity index is 1.63. The molecule has 1 aromatic heterocycles. The van der Waals surface area contributed by atoms with E-state index in [-0.39, 0.29) is 12.0 Å². The fourth-order valence-electron chi connectivity index (χ4n) is 3.43. The van der Waals surface area contributed by atoms with E-state index in [2.05, 4.69) is 22.1 Å². The lowest BCUT2D eigenvalue weighted by Gasteiger charge is -2.30. The van der Waals surface area contributed by atoms with Gasteiger partial charge in [0.15, 0.2) is 12.0 Å². The van der Waals surface area contributed by atoms with Crippen molar-refractivity contribution >= 4 is 11.5 Å². The van der Waals surface area contributed by atoms with Crippen LogP contribution in [-0.4, -0.2) is 28.7 Å². The second-order valence-electron chi connectivity index (χ2n) is 6.22. The summed E-state index contributed by atoms with van der Waals surface area (Å²) in [6.45, 7) is 2.30. The molecule has 0 radical (unpaired) electrons. The molecule has 5 nitrogen and oxygen atoms in total. The highest BCUT2D eigenvalue weighted by molar-refractivity contribution is 6.01. The number of benzene rings is 1. The molecule has 1 unspecified atom stereocenters. The van der Waals surface area contributed by atoms with Gasteiger partial charge < -0.3 is 9.64 Å². The fraction of sp³-hybridized carbons (Fsp3) is 0.444. The van der Waals surface area contributed by atoms with Crippen molar-refractivity contribution in [2.24, 2.45) is 0 Å². The molecule has 3 heterocycles. The lowest BCUT2D eigenvalue weighted by molar-refractivity contribution is -0.0405. The summed E-state index contributed by atoms with van der Waals surface area (Å²) in [6.07, 6.45) is 5.43. The van der Waals surface area contributed by atoms with Crippen molar-refractivity contribution in [2.45, 2.75) is 38.5 Å². The van der Waals surface area contributed by atoms with Gasteiger partial charge >= 0.3 is 0 Å². The van der Waals surface area contributed by atoms with Crippen LogP contribution in [-0.2, 0) is 11.3 Å². The molecule has 5 heteroatoms. The average molecular weight is 311 g/mol. The molecule has 2 aromatic rings. The van der Waals surface area contributed by atoms with Crippen LogP contribution in [0.2, 0.25) is 0 Å². The molecule has 2 aliphatic heterocycles. The number of ether oxygens (including phenoxy) is 1. The maximum atomic E-state index is 12.5. The first-order valence-corrected chi connectivity index (χ1v) is 8.34. The summed E-state index contributed by atoms with van der Waals surface area (Å²) in [5.74, 6) is 0.177. The SMILES string of the molecule is O=C1CCN(Cc2ccccc2)c2cnn(C3CCCCO3)c21. The second kappa shape index (κ2) is 6.16. The summed E-state index contributed by atoms with van der Waals surface area (Å²) >= 11 is 0. The monoisotopic (exact) mass is 311 g/mol. The first kappa shape index (κ1) is 14.5. The number of carbonyl (C=O) groups is 1. The van der Waals surface area contributed by atoms with Crippen LogP contribution >= 0.6 is 0 Å². The topological polar surface area (TPSA) is 47.4 Å². The third kappa shape index (κ3) is 2.77. The minimum Gasteiger partial charge on any atom is -0.364 e. The van der Waals surface area contributed by atoms with Crippen LogP contribution in [0.25, 0.3) is 0 Å². The zero-order valence-corrected chi connectivity index (χ0v) is 13.1. The number of aromatic nitrogens is 2. The summed E-state index contributed by atoms with van der Waals surface area (Å²) in [7, 11) is 0. The summed E-state index contributed by atoms with van der Waals surface area (Å²) in [6, 6.07) is 10.3. The van der Waals surface area contributed by atoms with E-state index in [4.69, 9.17) is 4.74 Å². The zero-order valence-electron chi connectivity index (χ0n) is 13.1. The molecule has 0 spiro atoms. The third-order valence-electron chi connectivity index (χ3n) is 4.63. The number of anilines is 1. The highest BCUT2D eigenvalue weighted by Crippen LogP contribution is 2.32. The molecule has 4 rings (SSSR count). The molecule has 120 valence electrons. The Morgan fingerprint density at radius 2 is 2.09 bits per heavy atom. The summed E-state index contributed by atoms with van der Waals surface area (Å²) in [5.41, 5.74) is 2.91. The molecule has 0 amide bonds. The van der Waals surface area contributed by atoms with E-state index in [0.717, 1.165) is 50.3 Å². The van der Waals surface area contributed by atoms with E-state index in [1.165, 1.54) is 5.56 Å². The normalized spacial score (nSPS) is 21.3. The fourth-order valence-corrected chi connectivity index (χ4v) is 3.43. The van der Waals surface area contributed by atoms with E-state index >= 15 is 0 Å². The Morgan fingerprint density at radius 3 is 2.87 bits per heavy atom. The number of carbonyl (C=O) groups excluding carboxylic acids is 1. The Morgan fingerprint density at radius 1 is 1.22 bits per heavy atom. The van der Waals surface area contributed by atoms with Crippen LogP contribution < -0.4 is 4.90 Å². The van der Waals surface area contributed by atoms with E-state index in [0.29, 0.717) is 6.42 Å². The smallest absolute Gasteiger partial charge is 0.184 e. The average Bonchev–Trinajstić information content (AvgIpc) is 3.05. The van der Waals surface area contributed by atoms with Gasteiger partial charge in [-0.15, -0.1) is 0 Å². The molecule has 1 atom stereocenters. The first-order valence-electron chi connectivity index (χ1n) is 8.34. The number of nitrogens with zero attached hydrogens (tertiary/aromatic N) is 3. The second-order valence-corrected chi connectivity index (χ2v) is 6.22. The van der Waals surface area contributed by atoms with Crippen LogP contribution in [0.3, 0.4) is 0 Å². The lowest BCUT2D eigenvalue weighted by atomic mass is 10.1. The lowest BCUT2D eigenvalue weighted by Crippen LogP contribution is -2.33. The molecule has 2 aliphatic rings. The Bertz CT molecular complexity index is 690. The van der Waals surface area contributed by atoms with Crippen molar-refractivity contribution in [1.82, 2.24) is 9.78 Å². The summed E-state index contributed by atoms with van der Waals surface area (Å²) in [4.78, 5) is 14.7. The molecule has 1 aromatic carbocycles. The van der Waals surface area contributed by atoms with Gasteiger partial charge in [-0.05, 0) is 24.8 Å². The molecular formula is C18H21N3O2. The van der Waals surface area contributed by atoms with Gasteiger partial charge in [0.25, 0.3) is 0 Å². The predicted octanol–water partition coefficient (Wildman–Crippen LogP) is 3.18. The molecule has 1 fully saturated rings. The van der Waals surface area contributed by atoms with E-state index in [9.17, 15) is 4.79 Å². The molecule has 0 bridgehead atoms. The Kier molecular flexibility index (Phi) is 3.87. The van der Waals surface area contributed by atoms with Crippen LogP contribution in [0.4, 0.5) is 5.69 Å². The van der Waals surface area contributed by atoms with E-state index in [1.807, 2.05) is 29.1 Å². The maximum absolute atomic E-state index is 12.5. The largest absolute Gasteiger partial charge is 0.364 e. The summed E-state index contributed by atoms with van der Waals surface area (Å²) < 4.78 is 7.63. The zero-order chi connectivity index (χ0) is 15.6. The third-order valence-corrected chi connectivity index (χ3v) is 4.63. The molecular weight excluding hydrogens is 290 g/mol. The van der Waals surface area contributed by atoms with E-state index in [1.54, 1.807) is 0 Å². The Hall–Kier alpha value is -2.14. The minimum atomic E-state index is -0.0897. The quantitative estimate of drug-likeness (QED) is 0.873. The van der Waals surface area contributed by atoms with Gasteiger partial charge in [-0.25, -0.2) is 4.68 Å². The van der Waals surface area contributed by atoms with Gasteiger partial charge in [-0.3, -0.25) is 4.79 Å². The van der Waals surface area contributed by atoms with Crippen molar-refractivity contribution in [2.75, 3.05) is 18.1 Å². The summed E-state index contributed by atoms with van der Waals surface area (Å²) in [5, 5.41) is 4.49. The molecule has 1 saturated heterocycles. The predicted molar refractivity (Wildman–Crippen MR) is 87.5 cm³/mol. The number of fused-ring (bicyclic) bond motifs is 1. The molecule has 23 heavy (non-hydrogen) atoms. The van der Waals surface area contributed by atoms with Crippen LogP contribution in [0.15, 0.2) is 36.5 Å². The number of Topliss-reactive ketones (excluding diaryl/α,β-unsaturated/α-hetero) is 1. The van der Waals surface area contributed by atoms with Crippen LogP contribution in [0.1, 0.15) is 48.0 Å². The van der Waals surface area contributed by atoms with Crippen LogP contribution in [0.5, 0.6) is 0 Å². The van der Waals surface area contributed by atoms with Gasteiger partial charge in [0.1, 0.15) is 5.69 Å². The number of ketones is 1. The maximum Gasteiger partial charge on any atom is 0.184 e. The van der Waals surface area contributed by atoms with Gasteiger partial charge in [-0.1, -0.05) is 30.3 Å². The Labute approximate surface area is 135 Å². The molecule has 0 saturated carbocycles. The van der Waals surface area contributed by atoms with Gasteiger partial charge in [0, 0.05) is 26.1 Å². The highest BCUT2D eigenvalue weighted by atomic mass is 16.5. The van der Waals surface area contributed by atoms with Crippen molar-refractivity contribution in [3.8, 4) is 0 Å². The van der Waals surface area contributed by atoms with E-state index < -0.39 is 0 Å². The van der Waals surface area contributed by atoms with Crippen molar-refractivity contribution in [3.63, 3.8) is 0 Å². The van der Waals surface area contributed by atoms with Crippen molar-refractivity contribution in [3.05, 3.63) is 47.8 Å². The van der Waals surface area contributed by atoms with Crippen molar-refractivity contribution in [1.29, 1.82) is 0 Å². The highest BCUT2D eigenvalue weighted by Gasteiger charge is 2.31. The number of hydrogen-bond donors (Lipinski definition) is 0. The molecule has 0 aliphatic carbocycles. The van der Waals surface area contributed by atoms with Gasteiger partial charge in [0.05, 0.1) is 11.9 Å². The molecule has 0 N–H and O–H groups in total. The standard InChI is InChI=1S/C18H21N3O2/c22-16-9-10-20(13-14-6-2-1-3-7-14)15-12-19-21(18(15)16)17-8-4-5-11-23-17/h1-3,6-7,12,17H,4-5,8-11,13H2. The van der Waals surface area contributed by atoms with Gasteiger partial charge in [-0.2, -0.15) is 5.10 Å². The van der Waals surface area contributed by atoms with Crippen molar-refractivity contribution < 1.29 is 9.53 Å². The van der Waals surface area contributed by atoms with Crippen LogP contribution in [0, 0.1) is 0 Å². The van der Waals surface area contributed by atoms with Gasteiger partial charge in [0.2, 0.25) is 0 Å².